The van der Waals surface area contributed by atoms with E-state index >= 15 is 0 Å². The largest absolute Gasteiger partial charge is 0.292 e. The van der Waals surface area contributed by atoms with Crippen LogP contribution in [0, 0.1) is 28.4 Å². The van der Waals surface area contributed by atoms with E-state index in [-0.39, 0.29) is 11.3 Å². The van der Waals surface area contributed by atoms with Gasteiger partial charge in [0, 0.05) is 6.07 Å². The highest BCUT2D eigenvalue weighted by molar-refractivity contribution is 6.05. The second-order valence-electron chi connectivity index (χ2n) is 4.61. The Balaban J connectivity index is 2.45. The molecule has 5 nitrogen and oxygen atoms in total. The molecule has 5 heteroatoms. The van der Waals surface area contributed by atoms with E-state index in [9.17, 15) is 20.2 Å². The van der Waals surface area contributed by atoms with Crippen molar-refractivity contribution < 1.29 is 9.72 Å². The van der Waals surface area contributed by atoms with Crippen LogP contribution in [0.15, 0.2) is 48.5 Å². The van der Waals surface area contributed by atoms with Crippen LogP contribution in [0.4, 0.5) is 5.69 Å². The van der Waals surface area contributed by atoms with Gasteiger partial charge in [0.15, 0.2) is 5.78 Å². The lowest BCUT2D eigenvalue weighted by molar-refractivity contribution is -0.385. The van der Waals surface area contributed by atoms with Crippen LogP contribution >= 0.6 is 0 Å². The van der Waals surface area contributed by atoms with Crippen LogP contribution in [0.3, 0.4) is 0 Å². The minimum Gasteiger partial charge on any atom is -0.292 e. The van der Waals surface area contributed by atoms with Gasteiger partial charge in [0.05, 0.1) is 16.6 Å². The molecular weight excluding hydrogens is 268 g/mol. The molecule has 0 N–H and O–H groups in total. The molecule has 0 aromatic heterocycles. The van der Waals surface area contributed by atoms with Gasteiger partial charge in [-0.15, -0.1) is 0 Å². The average molecular weight is 280 g/mol. The van der Waals surface area contributed by atoms with Crippen molar-refractivity contribution in [3.63, 3.8) is 0 Å². The van der Waals surface area contributed by atoms with Gasteiger partial charge in [-0.05, 0) is 18.6 Å². The maximum Gasteiger partial charge on any atom is 0.280 e. The summed E-state index contributed by atoms with van der Waals surface area (Å²) in [4.78, 5) is 22.8. The van der Waals surface area contributed by atoms with Crippen LogP contribution in [-0.2, 0) is 0 Å². The summed E-state index contributed by atoms with van der Waals surface area (Å²) in [6.07, 6.45) is 0. The molecule has 0 aliphatic heterocycles. The van der Waals surface area contributed by atoms with Crippen LogP contribution < -0.4 is 0 Å². The number of Topliss-reactive ketones (excluding diaryl/α,β-unsaturated/α-hetero) is 1. The Labute approximate surface area is 121 Å². The molecule has 0 aliphatic rings. The highest BCUT2D eigenvalue weighted by Crippen LogP contribution is 2.26. The lowest BCUT2D eigenvalue weighted by Gasteiger charge is -2.09. The van der Waals surface area contributed by atoms with Crippen molar-refractivity contribution in [2.75, 3.05) is 0 Å². The highest BCUT2D eigenvalue weighted by atomic mass is 16.6. The Kier molecular flexibility index (Phi) is 4.10. The number of nitro groups is 1. The van der Waals surface area contributed by atoms with Gasteiger partial charge in [-0.25, -0.2) is 0 Å². The molecule has 0 fully saturated rings. The molecule has 0 amide bonds. The second-order valence-corrected chi connectivity index (χ2v) is 4.61. The van der Waals surface area contributed by atoms with Crippen LogP contribution in [0.25, 0.3) is 0 Å². The fourth-order valence-corrected chi connectivity index (χ4v) is 2.04. The third-order valence-corrected chi connectivity index (χ3v) is 3.17. The number of ketones is 1. The molecular formula is C16H12N2O3. The first-order valence-corrected chi connectivity index (χ1v) is 6.28. The van der Waals surface area contributed by atoms with Crippen LogP contribution in [0.1, 0.15) is 27.4 Å². The summed E-state index contributed by atoms with van der Waals surface area (Å²) >= 11 is 0. The van der Waals surface area contributed by atoms with Crippen molar-refractivity contribution in [2.45, 2.75) is 12.8 Å². The third-order valence-electron chi connectivity index (χ3n) is 3.17. The first-order chi connectivity index (χ1) is 10.0. The summed E-state index contributed by atoms with van der Waals surface area (Å²) in [5.41, 5.74) is 1.21. The number of carbonyl (C=O) groups excluding carboxylic acids is 1. The number of nitrogens with zero attached hydrogens (tertiary/aromatic N) is 2. The summed E-state index contributed by atoms with van der Waals surface area (Å²) in [6.45, 7) is 1.90. The molecule has 0 bridgehead atoms. The van der Waals surface area contributed by atoms with Gasteiger partial charge in [-0.1, -0.05) is 42.0 Å². The molecule has 2 aromatic carbocycles. The van der Waals surface area contributed by atoms with Gasteiger partial charge in [-0.2, -0.15) is 5.26 Å². The van der Waals surface area contributed by atoms with Gasteiger partial charge in [0.1, 0.15) is 5.92 Å². The number of hydrogen-bond acceptors (Lipinski definition) is 4. The molecule has 2 aromatic rings. The summed E-state index contributed by atoms with van der Waals surface area (Å²) < 4.78 is 0. The van der Waals surface area contributed by atoms with Crippen molar-refractivity contribution >= 4 is 11.5 Å². The number of benzene rings is 2. The molecule has 0 saturated carbocycles. The van der Waals surface area contributed by atoms with Crippen LogP contribution in [0.5, 0.6) is 0 Å². The minimum atomic E-state index is -1.05. The van der Waals surface area contributed by atoms with E-state index in [0.29, 0.717) is 5.56 Å². The number of aryl methyl sites for hydroxylation is 1. The second kappa shape index (κ2) is 5.97. The number of nitro benzene ring substituents is 1. The fraction of sp³-hybridized carbons (Fsp3) is 0.125. The number of carbonyl (C=O) groups is 1. The zero-order valence-electron chi connectivity index (χ0n) is 11.3. The van der Waals surface area contributed by atoms with Crippen molar-refractivity contribution in [2.24, 2.45) is 0 Å². The molecule has 0 spiro atoms. The zero-order chi connectivity index (χ0) is 15.4. The third kappa shape index (κ3) is 2.95. The molecule has 21 heavy (non-hydrogen) atoms. The normalized spacial score (nSPS) is 11.4. The van der Waals surface area contributed by atoms with Gasteiger partial charge in [0.25, 0.3) is 5.69 Å². The monoisotopic (exact) mass is 280 g/mol. The molecule has 0 aliphatic carbocycles. The lowest BCUT2D eigenvalue weighted by Crippen LogP contribution is -2.13. The van der Waals surface area contributed by atoms with Crippen molar-refractivity contribution in [3.8, 4) is 6.07 Å². The van der Waals surface area contributed by atoms with E-state index in [2.05, 4.69) is 0 Å². The maximum absolute atomic E-state index is 12.5. The van der Waals surface area contributed by atoms with E-state index in [1.165, 1.54) is 18.2 Å². The molecule has 1 atom stereocenters. The number of rotatable bonds is 4. The number of nitriles is 1. The zero-order valence-corrected chi connectivity index (χ0v) is 11.3. The van der Waals surface area contributed by atoms with Crippen molar-refractivity contribution in [1.82, 2.24) is 0 Å². The minimum absolute atomic E-state index is 0.0466. The Morgan fingerprint density at radius 3 is 2.38 bits per heavy atom. The Morgan fingerprint density at radius 2 is 1.81 bits per heavy atom. The quantitative estimate of drug-likeness (QED) is 0.488. The predicted molar refractivity (Wildman–Crippen MR) is 77.0 cm³/mol. The van der Waals surface area contributed by atoms with E-state index in [4.69, 9.17) is 0 Å². The predicted octanol–water partition coefficient (Wildman–Crippen LogP) is 3.39. The molecule has 2 rings (SSSR count). The first kappa shape index (κ1) is 14.4. The summed E-state index contributed by atoms with van der Waals surface area (Å²) in [6, 6.07) is 14.6. The summed E-state index contributed by atoms with van der Waals surface area (Å²) in [7, 11) is 0. The Morgan fingerprint density at radius 1 is 1.19 bits per heavy atom. The topological polar surface area (TPSA) is 84.0 Å². The van der Waals surface area contributed by atoms with E-state index < -0.39 is 16.6 Å². The van der Waals surface area contributed by atoms with Crippen LogP contribution in [-0.4, -0.2) is 10.7 Å². The molecule has 0 heterocycles. The molecule has 0 saturated heterocycles. The van der Waals surface area contributed by atoms with Gasteiger partial charge >= 0.3 is 0 Å². The highest BCUT2D eigenvalue weighted by Gasteiger charge is 2.27. The Hall–Kier alpha value is -3.00. The maximum atomic E-state index is 12.5. The standard InChI is InChI=1S/C16H12N2O3/c1-11-6-8-12(9-7-11)14(10-17)16(19)13-4-2-3-5-15(13)18(20)21/h2-9,14H,1H3. The van der Waals surface area contributed by atoms with E-state index in [1.54, 1.807) is 30.3 Å². The van der Waals surface area contributed by atoms with Gasteiger partial charge in [0.2, 0.25) is 0 Å². The van der Waals surface area contributed by atoms with Crippen molar-refractivity contribution in [3.05, 3.63) is 75.3 Å². The van der Waals surface area contributed by atoms with E-state index in [0.717, 1.165) is 5.56 Å². The summed E-state index contributed by atoms with van der Waals surface area (Å²) in [5, 5.41) is 20.3. The van der Waals surface area contributed by atoms with E-state index in [1.807, 2.05) is 13.0 Å². The van der Waals surface area contributed by atoms with Crippen molar-refractivity contribution in [1.29, 1.82) is 5.26 Å². The first-order valence-electron chi connectivity index (χ1n) is 6.28. The number of para-hydroxylation sites is 1. The molecule has 0 radical (unpaired) electrons. The number of hydrogen-bond donors (Lipinski definition) is 0. The molecule has 104 valence electrons. The lowest BCUT2D eigenvalue weighted by atomic mass is 9.90. The van der Waals surface area contributed by atoms with Gasteiger partial charge < -0.3 is 0 Å². The van der Waals surface area contributed by atoms with Crippen LogP contribution in [0.2, 0.25) is 0 Å². The Bertz CT molecular complexity index is 730. The fourth-order valence-electron chi connectivity index (χ4n) is 2.04. The SMILES string of the molecule is Cc1ccc(C(C#N)C(=O)c2ccccc2[N+](=O)[O-])cc1. The average Bonchev–Trinajstić information content (AvgIpc) is 2.49. The van der Waals surface area contributed by atoms with Gasteiger partial charge in [-0.3, -0.25) is 14.9 Å². The molecule has 1 unspecified atom stereocenters. The summed E-state index contributed by atoms with van der Waals surface area (Å²) in [5.74, 6) is -1.61. The smallest absolute Gasteiger partial charge is 0.280 e.